The van der Waals surface area contributed by atoms with Crippen molar-refractivity contribution < 1.29 is 0 Å². The van der Waals surface area contributed by atoms with Crippen molar-refractivity contribution in [1.82, 2.24) is 14.5 Å². The summed E-state index contributed by atoms with van der Waals surface area (Å²) in [4.78, 5) is 9.46. The number of pyridine rings is 1. The maximum absolute atomic E-state index is 4.80. The van der Waals surface area contributed by atoms with Gasteiger partial charge in [-0.3, -0.25) is 0 Å². The summed E-state index contributed by atoms with van der Waals surface area (Å²) < 4.78 is 2.23. The van der Waals surface area contributed by atoms with E-state index in [1.807, 2.05) is 18.5 Å². The second-order valence-electron chi connectivity index (χ2n) is 7.82. The lowest BCUT2D eigenvalue weighted by molar-refractivity contribution is 0.509. The van der Waals surface area contributed by atoms with Gasteiger partial charge in [0.2, 0.25) is 0 Å². The van der Waals surface area contributed by atoms with Crippen molar-refractivity contribution in [1.29, 1.82) is 0 Å². The first-order chi connectivity index (χ1) is 11.3. The number of rotatable bonds is 4. The first-order valence-electron chi connectivity index (χ1n) is 8.47. The molecule has 3 aromatic rings. The first kappa shape index (κ1) is 16.5. The molecule has 0 aliphatic rings. The molecule has 24 heavy (non-hydrogen) atoms. The average molecular weight is 322 g/mol. The molecule has 0 aliphatic heterocycles. The zero-order valence-corrected chi connectivity index (χ0v) is 15.2. The molecule has 4 nitrogen and oxygen atoms in total. The van der Waals surface area contributed by atoms with Gasteiger partial charge < -0.3 is 9.88 Å². The van der Waals surface area contributed by atoms with Crippen LogP contribution in [0, 0.1) is 11.3 Å². The van der Waals surface area contributed by atoms with Gasteiger partial charge in [-0.25, -0.2) is 9.97 Å². The summed E-state index contributed by atoms with van der Waals surface area (Å²) in [6.07, 6.45) is 1.92. The number of para-hydroxylation sites is 1. The Morgan fingerprint density at radius 2 is 1.96 bits per heavy atom. The topological polar surface area (TPSA) is 42.7 Å². The van der Waals surface area contributed by atoms with Gasteiger partial charge in [-0.15, -0.1) is 0 Å². The molecule has 126 valence electrons. The van der Waals surface area contributed by atoms with Crippen molar-refractivity contribution in [2.24, 2.45) is 11.3 Å². The van der Waals surface area contributed by atoms with E-state index in [1.54, 1.807) is 0 Å². The maximum Gasteiger partial charge on any atom is 0.159 e. The summed E-state index contributed by atoms with van der Waals surface area (Å²) in [5.41, 5.74) is 3.91. The number of hydrogen-bond acceptors (Lipinski definition) is 3. The van der Waals surface area contributed by atoms with Crippen LogP contribution in [0.3, 0.4) is 0 Å². The van der Waals surface area contributed by atoms with E-state index >= 15 is 0 Å². The van der Waals surface area contributed by atoms with Crippen LogP contribution < -0.4 is 5.32 Å². The highest BCUT2D eigenvalue weighted by molar-refractivity contribution is 6.06. The predicted molar refractivity (Wildman–Crippen MR) is 102 cm³/mol. The summed E-state index contributed by atoms with van der Waals surface area (Å²) in [5.74, 6) is 1.33. The standard InChI is InChI=1S/C20H26N4/c1-13(2)11-24-12-21-17-18(24)15-9-7-8-10-16(15)23-19(17)22-14(3)20(4,5)6/h7-10,12-13H,3,11H2,1-2,4-6H3,(H,22,23). The predicted octanol–water partition coefficient (Wildman–Crippen LogP) is 5.21. The minimum atomic E-state index is -0.0415. The fourth-order valence-corrected chi connectivity index (χ4v) is 2.73. The van der Waals surface area contributed by atoms with Crippen LogP contribution in [0.15, 0.2) is 42.9 Å². The van der Waals surface area contributed by atoms with Crippen molar-refractivity contribution >= 4 is 27.8 Å². The summed E-state index contributed by atoms with van der Waals surface area (Å²) in [7, 11) is 0. The molecule has 4 heteroatoms. The molecule has 0 aliphatic carbocycles. The number of imidazole rings is 1. The molecule has 2 aromatic heterocycles. The zero-order chi connectivity index (χ0) is 17.5. The van der Waals surface area contributed by atoms with E-state index in [1.165, 1.54) is 0 Å². The first-order valence-corrected chi connectivity index (χ1v) is 8.47. The Morgan fingerprint density at radius 3 is 2.62 bits per heavy atom. The van der Waals surface area contributed by atoms with Gasteiger partial charge in [0.1, 0.15) is 5.52 Å². The maximum atomic E-state index is 4.80. The number of benzene rings is 1. The van der Waals surface area contributed by atoms with Crippen LogP contribution in [-0.2, 0) is 6.54 Å². The van der Waals surface area contributed by atoms with Crippen LogP contribution in [0.5, 0.6) is 0 Å². The van der Waals surface area contributed by atoms with Crippen molar-refractivity contribution in [3.63, 3.8) is 0 Å². The van der Waals surface area contributed by atoms with Gasteiger partial charge in [-0.05, 0) is 12.0 Å². The third kappa shape index (κ3) is 3.01. The quantitative estimate of drug-likeness (QED) is 0.717. The number of fused-ring (bicyclic) bond motifs is 3. The van der Waals surface area contributed by atoms with E-state index in [0.717, 1.165) is 40.0 Å². The van der Waals surface area contributed by atoms with E-state index < -0.39 is 0 Å². The largest absolute Gasteiger partial charge is 0.342 e. The molecule has 0 atom stereocenters. The highest BCUT2D eigenvalue weighted by Crippen LogP contribution is 2.32. The molecule has 0 saturated carbocycles. The van der Waals surface area contributed by atoms with Crippen LogP contribution in [0.25, 0.3) is 21.9 Å². The number of anilines is 1. The molecule has 0 radical (unpaired) electrons. The SMILES string of the molecule is C=C(Nc1nc2ccccc2c2c1ncn2CC(C)C)C(C)(C)C. The summed E-state index contributed by atoms with van der Waals surface area (Å²) in [6.45, 7) is 16.0. The van der Waals surface area contributed by atoms with E-state index in [4.69, 9.17) is 4.98 Å². The Kier molecular flexibility index (Phi) is 4.08. The van der Waals surface area contributed by atoms with Gasteiger partial charge in [0.25, 0.3) is 0 Å². The van der Waals surface area contributed by atoms with E-state index in [-0.39, 0.29) is 5.41 Å². The Hall–Kier alpha value is -2.36. The molecule has 2 heterocycles. The Bertz CT molecular complexity index is 897. The van der Waals surface area contributed by atoms with Gasteiger partial charge in [0.05, 0.1) is 17.4 Å². The highest BCUT2D eigenvalue weighted by Gasteiger charge is 2.19. The number of nitrogens with one attached hydrogen (secondary N) is 1. The third-order valence-electron chi connectivity index (χ3n) is 4.19. The number of hydrogen-bond donors (Lipinski definition) is 1. The van der Waals surface area contributed by atoms with Crippen molar-refractivity contribution in [3.8, 4) is 0 Å². The molecule has 0 amide bonds. The smallest absolute Gasteiger partial charge is 0.159 e. The number of aromatic nitrogens is 3. The van der Waals surface area contributed by atoms with Crippen LogP contribution >= 0.6 is 0 Å². The summed E-state index contributed by atoms with van der Waals surface area (Å²) in [5, 5.41) is 4.54. The molecule has 1 N–H and O–H groups in total. The second-order valence-corrected chi connectivity index (χ2v) is 7.82. The molecule has 0 fully saturated rings. The van der Waals surface area contributed by atoms with Crippen molar-refractivity contribution in [3.05, 3.63) is 42.9 Å². The van der Waals surface area contributed by atoms with Gasteiger partial charge in [-0.1, -0.05) is 59.4 Å². The lowest BCUT2D eigenvalue weighted by Gasteiger charge is -2.23. The molecule has 3 rings (SSSR count). The van der Waals surface area contributed by atoms with Gasteiger partial charge in [0.15, 0.2) is 5.82 Å². The third-order valence-corrected chi connectivity index (χ3v) is 4.19. The van der Waals surface area contributed by atoms with Crippen LogP contribution in [0.2, 0.25) is 0 Å². The van der Waals surface area contributed by atoms with Gasteiger partial charge in [-0.2, -0.15) is 0 Å². The van der Waals surface area contributed by atoms with E-state index in [0.29, 0.717) is 5.92 Å². The van der Waals surface area contributed by atoms with E-state index in [2.05, 4.69) is 68.2 Å². The zero-order valence-electron chi connectivity index (χ0n) is 15.2. The minimum Gasteiger partial charge on any atom is -0.342 e. The van der Waals surface area contributed by atoms with Gasteiger partial charge >= 0.3 is 0 Å². The minimum absolute atomic E-state index is 0.0415. The van der Waals surface area contributed by atoms with Crippen LogP contribution in [0.1, 0.15) is 34.6 Å². The van der Waals surface area contributed by atoms with Crippen LogP contribution in [-0.4, -0.2) is 14.5 Å². The summed E-state index contributed by atoms with van der Waals surface area (Å²) in [6, 6.07) is 8.24. The molecule has 0 saturated heterocycles. The van der Waals surface area contributed by atoms with Crippen molar-refractivity contribution in [2.45, 2.75) is 41.2 Å². The Labute approximate surface area is 143 Å². The molecule has 0 unspecified atom stereocenters. The Morgan fingerprint density at radius 1 is 1.25 bits per heavy atom. The fraction of sp³-hybridized carbons (Fsp3) is 0.400. The monoisotopic (exact) mass is 322 g/mol. The normalized spacial score (nSPS) is 12.2. The molecular weight excluding hydrogens is 296 g/mol. The molecule has 0 spiro atoms. The van der Waals surface area contributed by atoms with Gasteiger partial charge in [0, 0.05) is 23.0 Å². The van der Waals surface area contributed by atoms with E-state index in [9.17, 15) is 0 Å². The average Bonchev–Trinajstić information content (AvgIpc) is 2.90. The molecule has 0 bridgehead atoms. The lowest BCUT2D eigenvalue weighted by atomic mass is 9.93. The van der Waals surface area contributed by atoms with Crippen molar-refractivity contribution in [2.75, 3.05) is 5.32 Å². The number of allylic oxidation sites excluding steroid dienone is 1. The summed E-state index contributed by atoms with van der Waals surface area (Å²) >= 11 is 0. The Balaban J connectivity index is 2.22. The lowest BCUT2D eigenvalue weighted by Crippen LogP contribution is -2.16. The second kappa shape index (κ2) is 5.93. The van der Waals surface area contributed by atoms with Crippen LogP contribution in [0.4, 0.5) is 5.82 Å². The fourth-order valence-electron chi connectivity index (χ4n) is 2.73. The highest BCUT2D eigenvalue weighted by atomic mass is 15.1. The molecule has 1 aromatic carbocycles. The number of nitrogens with zero attached hydrogens (tertiary/aromatic N) is 3. The molecular formula is C20H26N4.